The van der Waals surface area contributed by atoms with Crippen molar-refractivity contribution in [2.75, 3.05) is 33.7 Å². The summed E-state index contributed by atoms with van der Waals surface area (Å²) in [6.45, 7) is 1.55. The lowest BCUT2D eigenvalue weighted by atomic mass is 10.1. The largest absolute Gasteiger partial charge is 0.505 e. The number of likely N-dealkylation sites (tertiary alicyclic amines) is 2. The molecule has 1 aromatic carbocycles. The van der Waals surface area contributed by atoms with Crippen LogP contribution in [0.15, 0.2) is 41.2 Å². The summed E-state index contributed by atoms with van der Waals surface area (Å²) < 4.78 is 1.10. The molecule has 9 heteroatoms. The van der Waals surface area contributed by atoms with Gasteiger partial charge in [0.05, 0.1) is 11.7 Å². The molecule has 9 nitrogen and oxygen atoms in total. The zero-order valence-electron chi connectivity index (χ0n) is 16.4. The first-order chi connectivity index (χ1) is 13.9. The van der Waals surface area contributed by atoms with Crippen LogP contribution in [0.25, 0.3) is 5.69 Å². The smallest absolute Gasteiger partial charge is 0.319 e. The molecule has 2 aliphatic heterocycles. The van der Waals surface area contributed by atoms with E-state index in [9.17, 15) is 19.5 Å². The summed E-state index contributed by atoms with van der Waals surface area (Å²) in [5.74, 6) is -0.686. The molecule has 0 saturated carbocycles. The molecule has 152 valence electrons. The Bertz CT molecular complexity index is 1000. The van der Waals surface area contributed by atoms with Gasteiger partial charge in [-0.25, -0.2) is 4.79 Å². The van der Waals surface area contributed by atoms with Crippen molar-refractivity contribution in [1.82, 2.24) is 24.5 Å². The molecule has 0 unspecified atom stereocenters. The van der Waals surface area contributed by atoms with Crippen molar-refractivity contribution in [3.05, 3.63) is 52.4 Å². The quantitative estimate of drug-likeness (QED) is 0.807. The molecule has 2 saturated heterocycles. The average Bonchev–Trinajstić information content (AvgIpc) is 3.28. The van der Waals surface area contributed by atoms with Gasteiger partial charge < -0.3 is 19.8 Å². The second-order valence-electron chi connectivity index (χ2n) is 7.66. The van der Waals surface area contributed by atoms with E-state index in [0.717, 1.165) is 17.2 Å². The van der Waals surface area contributed by atoms with Gasteiger partial charge >= 0.3 is 6.03 Å². The molecule has 0 bridgehead atoms. The van der Waals surface area contributed by atoms with Crippen LogP contribution in [0.3, 0.4) is 0 Å². The first-order valence-electron chi connectivity index (χ1n) is 9.53. The summed E-state index contributed by atoms with van der Waals surface area (Å²) in [6, 6.07) is 9.62. The minimum Gasteiger partial charge on any atom is -0.505 e. The van der Waals surface area contributed by atoms with Crippen LogP contribution in [-0.2, 0) is 0 Å². The Morgan fingerprint density at radius 1 is 1.17 bits per heavy atom. The summed E-state index contributed by atoms with van der Waals surface area (Å²) >= 11 is 0. The van der Waals surface area contributed by atoms with Crippen LogP contribution in [-0.4, -0.2) is 81.3 Å². The molecule has 1 N–H and O–H groups in total. The molecule has 3 amide bonds. The molecule has 1 aromatic heterocycles. The minimum atomic E-state index is -0.522. The third-order valence-corrected chi connectivity index (χ3v) is 5.58. The highest BCUT2D eigenvalue weighted by Crippen LogP contribution is 2.33. The molecule has 0 radical (unpaired) electrons. The Morgan fingerprint density at radius 3 is 2.59 bits per heavy atom. The number of carbonyl (C=O) groups is 2. The number of rotatable bonds is 2. The Hall–Kier alpha value is -3.36. The summed E-state index contributed by atoms with van der Waals surface area (Å²) in [4.78, 5) is 42.7. The van der Waals surface area contributed by atoms with E-state index in [1.807, 2.05) is 6.07 Å². The zero-order chi connectivity index (χ0) is 20.7. The Balaban J connectivity index is 1.60. The number of carbonyl (C=O) groups excluding carboxylic acids is 2. The first-order valence-corrected chi connectivity index (χ1v) is 9.53. The van der Waals surface area contributed by atoms with E-state index in [-0.39, 0.29) is 23.7 Å². The number of amides is 3. The lowest BCUT2D eigenvalue weighted by molar-refractivity contribution is 0.0760. The number of aromatic hydroxyl groups is 1. The van der Waals surface area contributed by atoms with E-state index in [2.05, 4.69) is 5.10 Å². The fourth-order valence-electron chi connectivity index (χ4n) is 4.13. The maximum atomic E-state index is 13.1. The topological polar surface area (TPSA) is 99.0 Å². The fourth-order valence-corrected chi connectivity index (χ4v) is 4.13. The number of aromatic nitrogens is 2. The van der Waals surface area contributed by atoms with Gasteiger partial charge in [-0.15, -0.1) is 0 Å². The highest BCUT2D eigenvalue weighted by molar-refractivity contribution is 5.95. The van der Waals surface area contributed by atoms with Crippen LogP contribution in [0.2, 0.25) is 0 Å². The van der Waals surface area contributed by atoms with Gasteiger partial charge in [0.15, 0.2) is 11.4 Å². The van der Waals surface area contributed by atoms with Gasteiger partial charge in [0.2, 0.25) is 0 Å². The number of fused-ring (bicyclic) bond motifs is 1. The van der Waals surface area contributed by atoms with E-state index in [1.165, 1.54) is 4.90 Å². The molecular weight excluding hydrogens is 374 g/mol. The number of benzene rings is 1. The highest BCUT2D eigenvalue weighted by Gasteiger charge is 2.45. The summed E-state index contributed by atoms with van der Waals surface area (Å²) in [5, 5.41) is 14.4. The van der Waals surface area contributed by atoms with Crippen molar-refractivity contribution in [3.63, 3.8) is 0 Å². The highest BCUT2D eigenvalue weighted by atomic mass is 16.3. The van der Waals surface area contributed by atoms with Gasteiger partial charge in [-0.3, -0.25) is 9.59 Å². The van der Waals surface area contributed by atoms with Crippen molar-refractivity contribution in [3.8, 4) is 11.4 Å². The third kappa shape index (κ3) is 3.32. The van der Waals surface area contributed by atoms with Gasteiger partial charge in [-0.2, -0.15) is 9.78 Å². The lowest BCUT2D eigenvalue weighted by Gasteiger charge is -2.27. The molecule has 0 spiro atoms. The second kappa shape index (κ2) is 7.23. The molecule has 2 aliphatic rings. The fraction of sp³-hybridized carbons (Fsp3) is 0.400. The molecule has 4 rings (SSSR count). The van der Waals surface area contributed by atoms with Crippen molar-refractivity contribution < 1.29 is 14.7 Å². The van der Waals surface area contributed by atoms with E-state index >= 15 is 0 Å². The molecule has 0 aliphatic carbocycles. The summed E-state index contributed by atoms with van der Waals surface area (Å²) in [7, 11) is 3.42. The Labute approximate surface area is 167 Å². The molecule has 2 fully saturated rings. The van der Waals surface area contributed by atoms with Gasteiger partial charge in [0.25, 0.3) is 11.5 Å². The van der Waals surface area contributed by atoms with Crippen molar-refractivity contribution in [1.29, 1.82) is 0 Å². The summed E-state index contributed by atoms with van der Waals surface area (Å²) in [5.41, 5.74) is -0.183. The Morgan fingerprint density at radius 2 is 1.90 bits per heavy atom. The number of hydrogen-bond donors (Lipinski definition) is 1. The molecular formula is C20H23N5O4. The third-order valence-electron chi connectivity index (χ3n) is 5.58. The van der Waals surface area contributed by atoms with Gasteiger partial charge in [-0.05, 0) is 18.6 Å². The Kier molecular flexibility index (Phi) is 4.73. The molecule has 2 atom stereocenters. The van der Waals surface area contributed by atoms with Crippen LogP contribution < -0.4 is 5.56 Å². The predicted octanol–water partition coefficient (Wildman–Crippen LogP) is 0.766. The first kappa shape index (κ1) is 19.0. The van der Waals surface area contributed by atoms with Gasteiger partial charge in [0.1, 0.15) is 0 Å². The molecule has 3 heterocycles. The monoisotopic (exact) mass is 397 g/mol. The predicted molar refractivity (Wildman–Crippen MR) is 105 cm³/mol. The van der Waals surface area contributed by atoms with E-state index < -0.39 is 17.2 Å². The van der Waals surface area contributed by atoms with Crippen LogP contribution in [0.1, 0.15) is 16.9 Å². The van der Waals surface area contributed by atoms with Crippen molar-refractivity contribution >= 4 is 11.9 Å². The lowest BCUT2D eigenvalue weighted by Crippen LogP contribution is -2.45. The second-order valence-corrected chi connectivity index (χ2v) is 7.66. The maximum absolute atomic E-state index is 13.1. The van der Waals surface area contributed by atoms with Crippen molar-refractivity contribution in [2.24, 2.45) is 5.92 Å². The average molecular weight is 397 g/mol. The van der Waals surface area contributed by atoms with Gasteiger partial charge in [0, 0.05) is 45.7 Å². The normalized spacial score (nSPS) is 20.6. The number of urea groups is 1. The molecule has 2 aromatic rings. The van der Waals surface area contributed by atoms with Crippen LogP contribution >= 0.6 is 0 Å². The van der Waals surface area contributed by atoms with Crippen LogP contribution in [0.4, 0.5) is 4.79 Å². The van der Waals surface area contributed by atoms with E-state index in [0.29, 0.717) is 25.3 Å². The summed E-state index contributed by atoms with van der Waals surface area (Å²) in [6.07, 6.45) is 0.830. The van der Waals surface area contributed by atoms with Gasteiger partial charge in [-0.1, -0.05) is 18.2 Å². The van der Waals surface area contributed by atoms with E-state index in [1.54, 1.807) is 48.2 Å². The SMILES string of the molecule is CN(C)C(=O)N1CC[C@H]2CN(C(=O)c3nn(-c4ccccc4)c(=O)cc3O)C[C@H]21. The van der Waals surface area contributed by atoms with Crippen LogP contribution in [0.5, 0.6) is 5.75 Å². The minimum absolute atomic E-state index is 0.0454. The van der Waals surface area contributed by atoms with Crippen molar-refractivity contribution in [2.45, 2.75) is 12.5 Å². The zero-order valence-corrected chi connectivity index (χ0v) is 16.4. The van der Waals surface area contributed by atoms with E-state index in [4.69, 9.17) is 0 Å². The number of nitrogens with zero attached hydrogens (tertiary/aromatic N) is 5. The molecule has 29 heavy (non-hydrogen) atoms. The van der Waals surface area contributed by atoms with Crippen LogP contribution in [0, 0.1) is 5.92 Å². The number of hydrogen-bond acceptors (Lipinski definition) is 5. The maximum Gasteiger partial charge on any atom is 0.319 e. The number of para-hydroxylation sites is 1. The standard InChI is InChI=1S/C20H23N5O4/c1-22(2)20(29)24-9-8-13-11-23(12-15(13)24)19(28)18-16(26)10-17(27)25(21-18)14-6-4-3-5-7-14/h3-7,10,13,15,26H,8-9,11-12H2,1-2H3/t13-,15+/m0/s1.